The van der Waals surface area contributed by atoms with Gasteiger partial charge in [-0.05, 0) is 67.5 Å². The Balaban J connectivity index is 1.32. The van der Waals surface area contributed by atoms with Crippen LogP contribution in [-0.2, 0) is 27.5 Å². The van der Waals surface area contributed by atoms with E-state index in [2.05, 4.69) is 27.6 Å². The van der Waals surface area contributed by atoms with E-state index in [9.17, 15) is 13.2 Å². The first-order valence-corrected chi connectivity index (χ1v) is 11.7. The van der Waals surface area contributed by atoms with Crippen LogP contribution in [0, 0.1) is 0 Å². The molecular weight excluding hydrogens is 402 g/mol. The number of nitrogens with one attached hydrogen (secondary N) is 1. The summed E-state index contributed by atoms with van der Waals surface area (Å²) in [5.74, 6) is -0.113. The lowest BCUT2D eigenvalue weighted by Gasteiger charge is -2.15. The van der Waals surface area contributed by atoms with Crippen LogP contribution in [0.25, 0.3) is 11.5 Å². The molecule has 0 spiro atoms. The molecule has 0 unspecified atom stereocenters. The minimum Gasteiger partial charge on any atom is -0.403 e. The summed E-state index contributed by atoms with van der Waals surface area (Å²) >= 11 is 0. The Morgan fingerprint density at radius 2 is 1.77 bits per heavy atom. The Morgan fingerprint density at radius 3 is 2.57 bits per heavy atom. The van der Waals surface area contributed by atoms with E-state index in [1.807, 2.05) is 6.07 Å². The van der Waals surface area contributed by atoms with E-state index < -0.39 is 9.84 Å². The van der Waals surface area contributed by atoms with Crippen LogP contribution in [0.1, 0.15) is 36.8 Å². The smallest absolute Gasteiger partial charge is 0.322 e. The molecule has 0 radical (unpaired) electrons. The predicted octanol–water partition coefficient (Wildman–Crippen LogP) is 3.81. The number of hydrogen-bond donors (Lipinski definition) is 1. The monoisotopic (exact) mass is 425 g/mol. The van der Waals surface area contributed by atoms with E-state index in [0.717, 1.165) is 18.4 Å². The highest BCUT2D eigenvalue weighted by molar-refractivity contribution is 7.91. The van der Waals surface area contributed by atoms with E-state index in [1.54, 1.807) is 30.3 Å². The van der Waals surface area contributed by atoms with Gasteiger partial charge in [0.25, 0.3) is 0 Å². The number of aryl methyl sites for hydroxylation is 2. The Kier molecular flexibility index (Phi) is 5.94. The van der Waals surface area contributed by atoms with Crippen molar-refractivity contribution in [2.75, 3.05) is 11.1 Å². The highest BCUT2D eigenvalue weighted by atomic mass is 32.2. The zero-order valence-corrected chi connectivity index (χ0v) is 17.3. The van der Waals surface area contributed by atoms with Crippen molar-refractivity contribution in [3.63, 3.8) is 0 Å². The van der Waals surface area contributed by atoms with Crippen molar-refractivity contribution in [2.24, 2.45) is 0 Å². The first-order valence-electron chi connectivity index (χ1n) is 10.0. The molecule has 0 saturated carbocycles. The lowest BCUT2D eigenvalue weighted by atomic mass is 9.90. The molecule has 0 aliphatic heterocycles. The van der Waals surface area contributed by atoms with Crippen molar-refractivity contribution in [3.8, 4) is 11.5 Å². The molecule has 1 heterocycles. The minimum atomic E-state index is -3.40. The molecule has 7 nitrogen and oxygen atoms in total. The molecule has 30 heavy (non-hydrogen) atoms. The summed E-state index contributed by atoms with van der Waals surface area (Å²) < 4.78 is 30.1. The lowest BCUT2D eigenvalue weighted by molar-refractivity contribution is -0.116. The number of nitrogens with zero attached hydrogens (tertiary/aromatic N) is 2. The molecule has 0 bridgehead atoms. The number of rotatable bonds is 7. The molecule has 0 fully saturated rings. The zero-order chi connectivity index (χ0) is 21.0. The summed E-state index contributed by atoms with van der Waals surface area (Å²) in [7, 11) is -3.40. The van der Waals surface area contributed by atoms with Crippen LogP contribution in [0.15, 0.2) is 57.8 Å². The summed E-state index contributed by atoms with van der Waals surface area (Å²) in [5.41, 5.74) is 3.50. The lowest BCUT2D eigenvalue weighted by Crippen LogP contribution is -2.14. The Morgan fingerprint density at radius 1 is 1.00 bits per heavy atom. The van der Waals surface area contributed by atoms with E-state index in [0.29, 0.717) is 5.89 Å². The van der Waals surface area contributed by atoms with E-state index in [1.165, 1.54) is 24.0 Å². The second-order valence-electron chi connectivity index (χ2n) is 7.39. The number of carbonyl (C=O) groups is 1. The van der Waals surface area contributed by atoms with Crippen LogP contribution in [0.4, 0.5) is 6.01 Å². The zero-order valence-electron chi connectivity index (χ0n) is 16.5. The van der Waals surface area contributed by atoms with Gasteiger partial charge in [-0.1, -0.05) is 29.4 Å². The van der Waals surface area contributed by atoms with Crippen LogP contribution >= 0.6 is 0 Å². The van der Waals surface area contributed by atoms with Gasteiger partial charge in [0, 0.05) is 12.0 Å². The van der Waals surface area contributed by atoms with Gasteiger partial charge in [0.15, 0.2) is 9.84 Å². The number of hydrogen-bond acceptors (Lipinski definition) is 6. The van der Waals surface area contributed by atoms with Gasteiger partial charge in [-0.15, -0.1) is 5.10 Å². The van der Waals surface area contributed by atoms with Crippen molar-refractivity contribution in [1.82, 2.24) is 10.2 Å². The molecule has 1 aromatic heterocycles. The number of amides is 1. The second-order valence-corrected chi connectivity index (χ2v) is 9.50. The topological polar surface area (TPSA) is 102 Å². The Labute approximate surface area is 175 Å². The molecule has 1 amide bonds. The van der Waals surface area contributed by atoms with Crippen molar-refractivity contribution in [2.45, 2.75) is 43.4 Å². The highest BCUT2D eigenvalue weighted by Crippen LogP contribution is 2.27. The third-order valence-corrected chi connectivity index (χ3v) is 7.00. The first kappa shape index (κ1) is 20.3. The molecule has 8 heteroatoms. The fourth-order valence-electron chi connectivity index (χ4n) is 3.61. The molecular formula is C22H23N3O4S. The summed E-state index contributed by atoms with van der Waals surface area (Å²) in [6, 6.07) is 14.4. The summed E-state index contributed by atoms with van der Waals surface area (Å²) in [4.78, 5) is 12.4. The largest absolute Gasteiger partial charge is 0.403 e. The van der Waals surface area contributed by atoms with Crippen molar-refractivity contribution >= 4 is 21.8 Å². The number of anilines is 1. The van der Waals surface area contributed by atoms with Crippen LogP contribution in [0.5, 0.6) is 0 Å². The molecule has 1 aliphatic carbocycles. The standard InChI is InChI=1S/C22H23N3O4S/c26-20(11-6-14-30(27,28)19-9-2-1-3-10-19)23-22-25-24-21(29-22)18-13-12-16-7-4-5-8-17(16)15-18/h1-3,9-10,12-13,15H,4-8,11,14H2,(H,23,25,26). The maximum Gasteiger partial charge on any atom is 0.322 e. The van der Waals surface area contributed by atoms with E-state index in [-0.39, 0.29) is 35.4 Å². The highest BCUT2D eigenvalue weighted by Gasteiger charge is 2.17. The second kappa shape index (κ2) is 8.79. The number of carbonyl (C=O) groups excluding carboxylic acids is 1. The molecule has 4 rings (SSSR count). The number of benzene rings is 2. The van der Waals surface area contributed by atoms with Gasteiger partial charge in [-0.2, -0.15) is 0 Å². The van der Waals surface area contributed by atoms with Gasteiger partial charge < -0.3 is 4.42 Å². The SMILES string of the molecule is O=C(CCCS(=O)(=O)c1ccccc1)Nc1nnc(-c2ccc3c(c2)CCCC3)o1. The van der Waals surface area contributed by atoms with Gasteiger partial charge in [0.05, 0.1) is 10.6 Å². The first-order chi connectivity index (χ1) is 14.5. The molecule has 1 N–H and O–H groups in total. The quantitative estimate of drug-likeness (QED) is 0.618. The normalized spacial score (nSPS) is 13.6. The minimum absolute atomic E-state index is 0.0126. The average molecular weight is 426 g/mol. The molecule has 1 aliphatic rings. The van der Waals surface area contributed by atoms with Gasteiger partial charge >= 0.3 is 6.01 Å². The van der Waals surface area contributed by atoms with Crippen LogP contribution in [-0.4, -0.2) is 30.3 Å². The van der Waals surface area contributed by atoms with Gasteiger partial charge in [-0.3, -0.25) is 10.1 Å². The van der Waals surface area contributed by atoms with Crippen LogP contribution < -0.4 is 5.32 Å². The summed E-state index contributed by atoms with van der Waals surface area (Å²) in [5, 5.41) is 10.4. The molecule has 3 aromatic rings. The molecule has 0 saturated heterocycles. The summed E-state index contributed by atoms with van der Waals surface area (Å²) in [6.45, 7) is 0. The van der Waals surface area contributed by atoms with Gasteiger partial charge in [0.2, 0.25) is 11.8 Å². The van der Waals surface area contributed by atoms with Gasteiger partial charge in [-0.25, -0.2) is 8.42 Å². The fraction of sp³-hybridized carbons (Fsp3) is 0.318. The third kappa shape index (κ3) is 4.76. The molecule has 0 atom stereocenters. The van der Waals surface area contributed by atoms with E-state index in [4.69, 9.17) is 4.42 Å². The molecule has 156 valence electrons. The van der Waals surface area contributed by atoms with Crippen LogP contribution in [0.3, 0.4) is 0 Å². The summed E-state index contributed by atoms with van der Waals surface area (Å²) in [6.07, 6.45) is 4.79. The maximum absolute atomic E-state index is 12.3. The number of fused-ring (bicyclic) bond motifs is 1. The van der Waals surface area contributed by atoms with Crippen molar-refractivity contribution in [3.05, 3.63) is 59.7 Å². The van der Waals surface area contributed by atoms with Crippen molar-refractivity contribution < 1.29 is 17.6 Å². The maximum atomic E-state index is 12.3. The Hall–Kier alpha value is -3.00. The van der Waals surface area contributed by atoms with Crippen LogP contribution in [0.2, 0.25) is 0 Å². The molecule has 2 aromatic carbocycles. The number of sulfone groups is 1. The number of aromatic nitrogens is 2. The van der Waals surface area contributed by atoms with Crippen molar-refractivity contribution in [1.29, 1.82) is 0 Å². The third-order valence-electron chi connectivity index (χ3n) is 5.19. The Bertz CT molecular complexity index is 1140. The van der Waals surface area contributed by atoms with Gasteiger partial charge in [0.1, 0.15) is 0 Å². The van der Waals surface area contributed by atoms with E-state index >= 15 is 0 Å². The predicted molar refractivity (Wildman–Crippen MR) is 113 cm³/mol. The fourth-order valence-corrected chi connectivity index (χ4v) is 4.94. The average Bonchev–Trinajstić information content (AvgIpc) is 3.22.